The number of aliphatic hydroxyl groups is 4. The van der Waals surface area contributed by atoms with Crippen LogP contribution in [0.1, 0.15) is 24.0 Å². The summed E-state index contributed by atoms with van der Waals surface area (Å²) in [6.07, 6.45) is -1.73. The van der Waals surface area contributed by atoms with Gasteiger partial charge in [-0.25, -0.2) is 0 Å². The zero-order chi connectivity index (χ0) is 26.3. The van der Waals surface area contributed by atoms with Crippen molar-refractivity contribution in [3.63, 3.8) is 0 Å². The van der Waals surface area contributed by atoms with Crippen molar-refractivity contribution in [3.8, 4) is 5.75 Å². The number of Topliss-reactive ketones (excluding diaryl/α,β-unsaturated/α-hetero) is 2. The summed E-state index contributed by atoms with van der Waals surface area (Å²) < 4.78 is 0. The van der Waals surface area contributed by atoms with Crippen molar-refractivity contribution < 1.29 is 44.8 Å². The molecule has 0 spiro atoms. The number of benzene rings is 1. The Morgan fingerprint density at radius 2 is 1.80 bits per heavy atom. The number of nitrogens with two attached hydrogens (primary N) is 1. The zero-order valence-corrected chi connectivity index (χ0v) is 18.8. The van der Waals surface area contributed by atoms with Crippen LogP contribution in [-0.2, 0) is 14.4 Å². The molecule has 1 saturated carbocycles. The molecule has 0 aromatic heterocycles. The molecule has 1 amide bonds. The van der Waals surface area contributed by atoms with E-state index in [2.05, 4.69) is 0 Å². The van der Waals surface area contributed by atoms with Gasteiger partial charge in [-0.3, -0.25) is 29.4 Å². The lowest BCUT2D eigenvalue weighted by molar-refractivity contribution is -0.385. The highest BCUT2D eigenvalue weighted by molar-refractivity contribution is 6.24. The largest absolute Gasteiger partial charge is 0.508 e. The Labute approximate surface area is 197 Å². The van der Waals surface area contributed by atoms with Crippen LogP contribution in [0, 0.1) is 22.0 Å². The van der Waals surface area contributed by atoms with Gasteiger partial charge in [0.25, 0.3) is 5.91 Å². The number of hydrogen-bond donors (Lipinski definition) is 6. The highest BCUT2D eigenvalue weighted by Gasteiger charge is 2.68. The second-order valence-corrected chi connectivity index (χ2v) is 9.20. The monoisotopic (exact) mass is 489 g/mol. The fraction of sp³-hybridized carbons (Fsp3) is 0.409. The van der Waals surface area contributed by atoms with E-state index in [1.54, 1.807) is 0 Å². The van der Waals surface area contributed by atoms with E-state index in [1.807, 2.05) is 0 Å². The number of rotatable bonds is 3. The number of hydrogen-bond acceptors (Lipinski definition) is 11. The van der Waals surface area contributed by atoms with Gasteiger partial charge in [0.2, 0.25) is 11.5 Å². The SMILES string of the molecule is C[C@@H]1c2ccc([N+](=O)[O-])c(O)c2C(O)=C2C(=O)[C@@]3(O)C(O)=C(C(N)=O)C(=O)[C@H](N(C)C)[C@H]3[C@H](O)[C@H]21. The maximum atomic E-state index is 13.7. The molecule has 1 fully saturated rings. The van der Waals surface area contributed by atoms with Gasteiger partial charge in [-0.1, -0.05) is 13.0 Å². The average molecular weight is 489 g/mol. The molecule has 6 atom stereocenters. The lowest BCUT2D eigenvalue weighted by Gasteiger charge is -2.53. The molecule has 35 heavy (non-hydrogen) atoms. The van der Waals surface area contributed by atoms with Gasteiger partial charge in [0.05, 0.1) is 28.6 Å². The first kappa shape index (κ1) is 24.3. The Kier molecular flexibility index (Phi) is 5.28. The van der Waals surface area contributed by atoms with Crippen LogP contribution in [0.15, 0.2) is 29.0 Å². The number of nitro benzene ring substituents is 1. The maximum Gasteiger partial charge on any atom is 0.311 e. The van der Waals surface area contributed by atoms with E-state index in [9.17, 15) is 50.0 Å². The van der Waals surface area contributed by atoms with Gasteiger partial charge < -0.3 is 31.3 Å². The number of phenols is 1. The van der Waals surface area contributed by atoms with E-state index in [0.29, 0.717) is 0 Å². The second kappa shape index (κ2) is 7.60. The molecule has 4 rings (SSSR count). The highest BCUT2D eigenvalue weighted by atomic mass is 16.6. The van der Waals surface area contributed by atoms with Crippen LogP contribution in [0.4, 0.5) is 5.69 Å². The van der Waals surface area contributed by atoms with Crippen LogP contribution >= 0.6 is 0 Å². The van der Waals surface area contributed by atoms with Crippen molar-refractivity contribution in [1.82, 2.24) is 4.90 Å². The van der Waals surface area contributed by atoms with Gasteiger partial charge in [0.1, 0.15) is 17.1 Å². The molecule has 7 N–H and O–H groups in total. The van der Waals surface area contributed by atoms with E-state index in [4.69, 9.17) is 5.73 Å². The molecule has 1 aromatic carbocycles. The summed E-state index contributed by atoms with van der Waals surface area (Å²) in [6.45, 7) is 1.53. The standard InChI is InChI=1S/C22H23N3O10/c1-6-7-4-5-8(25(34)35)15(26)10(7)16(27)11-9(6)17(28)13-14(24(2)3)18(29)12(21(23)32)20(31)22(13,33)19(11)30/h4-6,9,13-14,17,26-28,31,33H,1-3H3,(H2,23,32)/t6-,9+,13+,14-,17-,22-/m1/s1. The van der Waals surface area contributed by atoms with Gasteiger partial charge in [0, 0.05) is 17.6 Å². The Balaban J connectivity index is 2.07. The van der Waals surface area contributed by atoms with Crippen LogP contribution in [0.5, 0.6) is 5.75 Å². The predicted octanol–water partition coefficient (Wildman–Crippen LogP) is -0.596. The smallest absolute Gasteiger partial charge is 0.311 e. The molecule has 0 heterocycles. The number of nitro groups is 1. The number of carbonyl (C=O) groups is 3. The molecule has 13 heteroatoms. The summed E-state index contributed by atoms with van der Waals surface area (Å²) in [5, 5.41) is 66.6. The van der Waals surface area contributed by atoms with Gasteiger partial charge in [-0.15, -0.1) is 0 Å². The number of likely N-dealkylation sites (N-methyl/N-ethyl adjacent to an activating group) is 1. The third-order valence-electron chi connectivity index (χ3n) is 7.30. The number of ketones is 2. The van der Waals surface area contributed by atoms with E-state index in [1.165, 1.54) is 32.0 Å². The van der Waals surface area contributed by atoms with Crippen LogP contribution in [0.25, 0.3) is 5.76 Å². The molecule has 0 aliphatic heterocycles. The first-order valence-electron chi connectivity index (χ1n) is 10.5. The number of phenolic OH excluding ortho intramolecular Hbond substituents is 1. The molecule has 0 unspecified atom stereocenters. The summed E-state index contributed by atoms with van der Waals surface area (Å²) in [5.41, 5.74) is -0.450. The topological polar surface area (TPSA) is 225 Å². The minimum atomic E-state index is -3.04. The van der Waals surface area contributed by atoms with Crippen molar-refractivity contribution in [3.05, 3.63) is 50.3 Å². The van der Waals surface area contributed by atoms with Gasteiger partial charge in [-0.05, 0) is 25.6 Å². The van der Waals surface area contributed by atoms with Crippen LogP contribution in [-0.4, -0.2) is 84.7 Å². The van der Waals surface area contributed by atoms with Crippen LogP contribution < -0.4 is 5.73 Å². The molecular formula is C22H23N3O10. The summed E-state index contributed by atoms with van der Waals surface area (Å²) in [7, 11) is 2.81. The molecule has 1 aromatic rings. The summed E-state index contributed by atoms with van der Waals surface area (Å²) >= 11 is 0. The van der Waals surface area contributed by atoms with Gasteiger partial charge in [-0.2, -0.15) is 0 Å². The molecule has 0 radical (unpaired) electrons. The molecule has 13 nitrogen and oxygen atoms in total. The average Bonchev–Trinajstić information content (AvgIpc) is 2.75. The Hall–Kier alpha value is -3.81. The Morgan fingerprint density at radius 1 is 1.20 bits per heavy atom. The first-order valence-corrected chi connectivity index (χ1v) is 10.5. The molecule has 186 valence electrons. The van der Waals surface area contributed by atoms with E-state index in [-0.39, 0.29) is 5.56 Å². The van der Waals surface area contributed by atoms with Crippen molar-refractivity contribution in [2.75, 3.05) is 14.1 Å². The van der Waals surface area contributed by atoms with E-state index >= 15 is 0 Å². The highest BCUT2D eigenvalue weighted by Crippen LogP contribution is 2.56. The van der Waals surface area contributed by atoms with Gasteiger partial charge in [0.15, 0.2) is 11.4 Å². The van der Waals surface area contributed by atoms with Crippen LogP contribution in [0.2, 0.25) is 0 Å². The van der Waals surface area contributed by atoms with Crippen molar-refractivity contribution in [2.45, 2.75) is 30.6 Å². The third-order valence-corrected chi connectivity index (χ3v) is 7.30. The fourth-order valence-electron chi connectivity index (χ4n) is 5.75. The molecule has 0 saturated heterocycles. The number of nitrogens with zero attached hydrogens (tertiary/aromatic N) is 2. The lowest BCUT2D eigenvalue weighted by Crippen LogP contribution is -2.70. The Bertz CT molecular complexity index is 1280. The number of aliphatic hydroxyl groups excluding tert-OH is 3. The van der Waals surface area contributed by atoms with Gasteiger partial charge >= 0.3 is 5.69 Å². The lowest BCUT2D eigenvalue weighted by atomic mass is 9.54. The van der Waals surface area contributed by atoms with Crippen molar-refractivity contribution >= 4 is 28.9 Å². The molecule has 3 aliphatic rings. The number of fused-ring (bicyclic) bond motifs is 3. The summed E-state index contributed by atoms with van der Waals surface area (Å²) in [5.74, 6) is -10.7. The predicted molar refractivity (Wildman–Crippen MR) is 117 cm³/mol. The van der Waals surface area contributed by atoms with E-state index in [0.717, 1.165) is 6.07 Å². The minimum Gasteiger partial charge on any atom is -0.508 e. The maximum absolute atomic E-state index is 13.7. The number of amides is 1. The zero-order valence-electron chi connectivity index (χ0n) is 18.8. The Morgan fingerprint density at radius 3 is 2.31 bits per heavy atom. The number of aromatic hydroxyl groups is 1. The fourth-order valence-corrected chi connectivity index (χ4v) is 5.75. The third kappa shape index (κ3) is 2.89. The van der Waals surface area contributed by atoms with Crippen LogP contribution in [0.3, 0.4) is 0 Å². The number of carbonyl (C=O) groups excluding carboxylic acids is 3. The van der Waals surface area contributed by atoms with E-state index < -0.39 is 97.6 Å². The number of primary amides is 1. The minimum absolute atomic E-state index is 0.178. The summed E-state index contributed by atoms with van der Waals surface area (Å²) in [6, 6.07) is 0.817. The van der Waals surface area contributed by atoms with Crippen molar-refractivity contribution in [1.29, 1.82) is 0 Å². The quantitative estimate of drug-likeness (QED) is 0.179. The molecule has 3 aliphatic carbocycles. The van der Waals surface area contributed by atoms with Crippen molar-refractivity contribution in [2.24, 2.45) is 17.6 Å². The summed E-state index contributed by atoms with van der Waals surface area (Å²) in [4.78, 5) is 50.4. The molecule has 0 bridgehead atoms. The second-order valence-electron chi connectivity index (χ2n) is 9.20. The normalized spacial score (nSPS) is 32.3. The molecular weight excluding hydrogens is 466 g/mol. The first-order chi connectivity index (χ1) is 16.2.